The van der Waals surface area contributed by atoms with Crippen LogP contribution in [0.1, 0.15) is 29.0 Å². The van der Waals surface area contributed by atoms with Crippen molar-refractivity contribution in [3.8, 4) is 0 Å². The number of anilines is 1. The van der Waals surface area contributed by atoms with E-state index in [1.807, 2.05) is 37.4 Å². The van der Waals surface area contributed by atoms with E-state index in [9.17, 15) is 8.42 Å². The highest BCUT2D eigenvalue weighted by Gasteiger charge is 2.30. The molecular weight excluding hydrogens is 304 g/mol. The van der Waals surface area contributed by atoms with E-state index in [4.69, 9.17) is 5.73 Å². The maximum absolute atomic E-state index is 12.9. The van der Waals surface area contributed by atoms with E-state index in [0.29, 0.717) is 11.3 Å². The molecule has 1 unspecified atom stereocenters. The van der Waals surface area contributed by atoms with Crippen LogP contribution in [0.3, 0.4) is 0 Å². The number of aryl methyl sites for hydroxylation is 1. The lowest BCUT2D eigenvalue weighted by Crippen LogP contribution is -2.30. The minimum absolute atomic E-state index is 0.216. The summed E-state index contributed by atoms with van der Waals surface area (Å²) in [5.74, 6) is 0. The molecule has 114 valence electrons. The highest BCUT2D eigenvalue weighted by molar-refractivity contribution is 7.89. The van der Waals surface area contributed by atoms with Crippen molar-refractivity contribution >= 4 is 27.0 Å². The highest BCUT2D eigenvalue weighted by Crippen LogP contribution is 2.33. The van der Waals surface area contributed by atoms with Crippen molar-refractivity contribution in [1.29, 1.82) is 0 Å². The minimum atomic E-state index is -3.63. The molecule has 0 radical (unpaired) electrons. The van der Waals surface area contributed by atoms with E-state index in [0.717, 1.165) is 10.4 Å². The SMILES string of the molecule is Cc1ccc(N)c(S(=O)(=O)N(C)C(C)c2cccs2)c1C. The lowest BCUT2D eigenvalue weighted by molar-refractivity contribution is 0.403. The number of rotatable bonds is 4. The van der Waals surface area contributed by atoms with Gasteiger partial charge >= 0.3 is 0 Å². The van der Waals surface area contributed by atoms with Gasteiger partial charge in [0.25, 0.3) is 0 Å². The van der Waals surface area contributed by atoms with Crippen LogP contribution >= 0.6 is 11.3 Å². The Hall–Kier alpha value is -1.37. The number of thiophene rings is 1. The van der Waals surface area contributed by atoms with Crippen molar-refractivity contribution in [2.45, 2.75) is 31.7 Å². The Bertz CT molecular complexity index is 737. The maximum Gasteiger partial charge on any atom is 0.245 e. The van der Waals surface area contributed by atoms with Gasteiger partial charge in [-0.15, -0.1) is 11.3 Å². The second-order valence-corrected chi connectivity index (χ2v) is 8.05. The minimum Gasteiger partial charge on any atom is -0.398 e. The first-order valence-electron chi connectivity index (χ1n) is 6.64. The summed E-state index contributed by atoms with van der Waals surface area (Å²) in [6.07, 6.45) is 0. The number of nitrogens with zero attached hydrogens (tertiary/aromatic N) is 1. The summed E-state index contributed by atoms with van der Waals surface area (Å²) in [6.45, 7) is 5.56. The van der Waals surface area contributed by atoms with Crippen molar-refractivity contribution in [3.63, 3.8) is 0 Å². The molecule has 1 heterocycles. The maximum atomic E-state index is 12.9. The van der Waals surface area contributed by atoms with Crippen LogP contribution < -0.4 is 5.73 Å². The van der Waals surface area contributed by atoms with Gasteiger partial charge in [0.2, 0.25) is 10.0 Å². The van der Waals surface area contributed by atoms with Crippen LogP contribution in [0.2, 0.25) is 0 Å². The van der Waals surface area contributed by atoms with Crippen molar-refractivity contribution in [2.75, 3.05) is 12.8 Å². The summed E-state index contributed by atoms with van der Waals surface area (Å²) in [5, 5.41) is 1.94. The summed E-state index contributed by atoms with van der Waals surface area (Å²) in [4.78, 5) is 1.22. The van der Waals surface area contributed by atoms with E-state index >= 15 is 0 Å². The monoisotopic (exact) mass is 324 g/mol. The summed E-state index contributed by atoms with van der Waals surface area (Å²) in [6, 6.07) is 7.12. The number of benzene rings is 1. The third-order valence-corrected chi connectivity index (χ3v) is 7.02. The zero-order valence-electron chi connectivity index (χ0n) is 12.6. The van der Waals surface area contributed by atoms with Crippen LogP contribution in [0.15, 0.2) is 34.5 Å². The van der Waals surface area contributed by atoms with Crippen molar-refractivity contribution in [1.82, 2.24) is 4.31 Å². The number of hydrogen-bond donors (Lipinski definition) is 1. The molecule has 1 atom stereocenters. The quantitative estimate of drug-likeness (QED) is 0.877. The molecule has 0 spiro atoms. The fourth-order valence-corrected chi connectivity index (χ4v) is 4.84. The van der Waals surface area contributed by atoms with Gasteiger partial charge in [-0.25, -0.2) is 8.42 Å². The number of hydrogen-bond acceptors (Lipinski definition) is 4. The van der Waals surface area contributed by atoms with Crippen molar-refractivity contribution in [3.05, 3.63) is 45.6 Å². The molecule has 0 amide bonds. The van der Waals surface area contributed by atoms with E-state index in [1.165, 1.54) is 4.31 Å². The first kappa shape index (κ1) is 16.0. The predicted octanol–water partition coefficient (Wildman–Crippen LogP) is 3.33. The normalized spacial score (nSPS) is 13.6. The van der Waals surface area contributed by atoms with Gasteiger partial charge in [-0.2, -0.15) is 4.31 Å². The average molecular weight is 324 g/mol. The molecule has 0 saturated carbocycles. The molecule has 0 aliphatic heterocycles. The second-order valence-electron chi connectivity index (χ2n) is 5.14. The second kappa shape index (κ2) is 5.79. The van der Waals surface area contributed by atoms with E-state index in [2.05, 4.69) is 0 Å². The third-order valence-electron chi connectivity index (χ3n) is 3.84. The highest BCUT2D eigenvalue weighted by atomic mass is 32.2. The Morgan fingerprint density at radius 2 is 1.90 bits per heavy atom. The summed E-state index contributed by atoms with van der Waals surface area (Å²) in [7, 11) is -2.03. The van der Waals surface area contributed by atoms with E-state index in [-0.39, 0.29) is 10.9 Å². The zero-order chi connectivity index (χ0) is 15.8. The molecule has 0 aliphatic rings. The van der Waals surface area contributed by atoms with Gasteiger partial charge in [0.05, 0.1) is 11.7 Å². The van der Waals surface area contributed by atoms with Crippen LogP contribution in [-0.4, -0.2) is 19.8 Å². The molecule has 21 heavy (non-hydrogen) atoms. The molecule has 0 aliphatic carbocycles. The van der Waals surface area contributed by atoms with Crippen molar-refractivity contribution in [2.24, 2.45) is 0 Å². The summed E-state index contributed by atoms with van der Waals surface area (Å²) >= 11 is 1.54. The molecule has 2 rings (SSSR count). The van der Waals surface area contributed by atoms with Gasteiger partial charge in [0, 0.05) is 11.9 Å². The molecule has 4 nitrogen and oxygen atoms in total. The molecule has 2 aromatic rings. The van der Waals surface area contributed by atoms with Crippen LogP contribution in [0.4, 0.5) is 5.69 Å². The van der Waals surface area contributed by atoms with Gasteiger partial charge < -0.3 is 5.73 Å². The molecule has 0 fully saturated rings. The average Bonchev–Trinajstić information content (AvgIpc) is 2.95. The first-order chi connectivity index (χ1) is 9.76. The Balaban J connectivity index is 2.50. The number of sulfonamides is 1. The molecule has 0 bridgehead atoms. The molecule has 1 aromatic carbocycles. The zero-order valence-corrected chi connectivity index (χ0v) is 14.3. The number of nitrogen functional groups attached to an aromatic ring is 1. The Labute approximate surface area is 130 Å². The largest absolute Gasteiger partial charge is 0.398 e. The van der Waals surface area contributed by atoms with Crippen LogP contribution in [0, 0.1) is 13.8 Å². The number of nitrogens with two attached hydrogens (primary N) is 1. The lowest BCUT2D eigenvalue weighted by Gasteiger charge is -2.25. The molecule has 2 N–H and O–H groups in total. The van der Waals surface area contributed by atoms with Gasteiger partial charge in [0.15, 0.2) is 0 Å². The fourth-order valence-electron chi connectivity index (χ4n) is 2.21. The topological polar surface area (TPSA) is 63.4 Å². The lowest BCUT2D eigenvalue weighted by atomic mass is 10.1. The molecule has 6 heteroatoms. The first-order valence-corrected chi connectivity index (χ1v) is 8.96. The van der Waals surface area contributed by atoms with Crippen LogP contribution in [0.5, 0.6) is 0 Å². The van der Waals surface area contributed by atoms with Gasteiger partial charge in [-0.05, 0) is 49.4 Å². The summed E-state index contributed by atoms with van der Waals surface area (Å²) < 4.78 is 27.2. The molecule has 1 aromatic heterocycles. The van der Waals surface area contributed by atoms with Crippen LogP contribution in [-0.2, 0) is 10.0 Å². The summed E-state index contributed by atoms with van der Waals surface area (Å²) in [5.41, 5.74) is 7.85. The third kappa shape index (κ3) is 2.84. The van der Waals surface area contributed by atoms with Crippen molar-refractivity contribution < 1.29 is 8.42 Å². The Kier molecular flexibility index (Phi) is 4.41. The molecule has 0 saturated heterocycles. The predicted molar refractivity (Wildman–Crippen MR) is 88.0 cm³/mol. The van der Waals surface area contributed by atoms with E-state index in [1.54, 1.807) is 31.4 Å². The smallest absolute Gasteiger partial charge is 0.245 e. The van der Waals surface area contributed by atoms with Crippen LogP contribution in [0.25, 0.3) is 0 Å². The van der Waals surface area contributed by atoms with Gasteiger partial charge in [-0.1, -0.05) is 12.1 Å². The van der Waals surface area contributed by atoms with Gasteiger partial charge in [-0.3, -0.25) is 0 Å². The fraction of sp³-hybridized carbons (Fsp3) is 0.333. The molecular formula is C15H20N2O2S2. The Morgan fingerprint density at radius 3 is 2.48 bits per heavy atom. The van der Waals surface area contributed by atoms with Gasteiger partial charge in [0.1, 0.15) is 4.90 Å². The van der Waals surface area contributed by atoms with E-state index < -0.39 is 10.0 Å². The standard InChI is InChI=1S/C15H20N2O2S2/c1-10-7-8-13(16)15(11(10)2)21(18,19)17(4)12(3)14-6-5-9-20-14/h5-9,12H,16H2,1-4H3. The Morgan fingerprint density at radius 1 is 1.24 bits per heavy atom.